The van der Waals surface area contributed by atoms with Gasteiger partial charge in [-0.15, -0.1) is 0 Å². The molecular formula is C10H13N3. The van der Waals surface area contributed by atoms with Gasteiger partial charge in [0.1, 0.15) is 11.6 Å². The zero-order valence-electron chi connectivity index (χ0n) is 7.48. The van der Waals surface area contributed by atoms with Gasteiger partial charge in [0.15, 0.2) is 0 Å². The predicted octanol–water partition coefficient (Wildman–Crippen LogP) is 1.12. The first-order chi connectivity index (χ1) is 6.33. The molecule has 0 amide bonds. The molecule has 0 aromatic carbocycles. The minimum atomic E-state index is 0.623. The maximum atomic E-state index is 5.63. The first kappa shape index (κ1) is 7.18. The van der Waals surface area contributed by atoms with Gasteiger partial charge < -0.3 is 10.6 Å². The first-order valence-corrected chi connectivity index (χ1v) is 4.80. The first-order valence-electron chi connectivity index (χ1n) is 4.80. The number of aromatic nitrogens is 1. The summed E-state index contributed by atoms with van der Waals surface area (Å²) in [5.74, 6) is 3.57. The van der Waals surface area contributed by atoms with Crippen molar-refractivity contribution in [3.8, 4) is 0 Å². The molecule has 1 saturated carbocycles. The average molecular weight is 175 g/mol. The highest BCUT2D eigenvalue weighted by atomic mass is 15.2. The number of pyridine rings is 1. The molecule has 2 atom stereocenters. The van der Waals surface area contributed by atoms with Crippen LogP contribution in [0, 0.1) is 11.8 Å². The molecule has 1 aromatic rings. The molecule has 0 radical (unpaired) electrons. The van der Waals surface area contributed by atoms with Gasteiger partial charge in [-0.25, -0.2) is 4.98 Å². The Hall–Kier alpha value is -1.25. The molecule has 3 rings (SSSR count). The lowest BCUT2D eigenvalue weighted by atomic mass is 10.4. The number of piperidine rings is 1. The van der Waals surface area contributed by atoms with Gasteiger partial charge in [-0.05, 0) is 30.4 Å². The molecule has 68 valence electrons. The molecular weight excluding hydrogens is 162 g/mol. The van der Waals surface area contributed by atoms with Gasteiger partial charge in [-0.2, -0.15) is 0 Å². The topological polar surface area (TPSA) is 42.1 Å². The SMILES string of the molecule is Nc1cccc(N2CC3CC3C2)n1. The number of rotatable bonds is 1. The summed E-state index contributed by atoms with van der Waals surface area (Å²) in [5, 5.41) is 0. The Labute approximate surface area is 77.6 Å². The normalized spacial score (nSPS) is 30.3. The standard InChI is InChI=1S/C10H13N3/c11-9-2-1-3-10(12-9)13-5-7-4-8(7)6-13/h1-3,7-8H,4-6H2,(H2,11,12). The van der Waals surface area contributed by atoms with E-state index < -0.39 is 0 Å². The number of nitrogens with two attached hydrogens (primary N) is 1. The minimum absolute atomic E-state index is 0.623. The Kier molecular flexibility index (Phi) is 1.31. The van der Waals surface area contributed by atoms with Gasteiger partial charge >= 0.3 is 0 Å². The van der Waals surface area contributed by atoms with E-state index in [1.807, 2.05) is 18.2 Å². The van der Waals surface area contributed by atoms with Gasteiger partial charge in [-0.3, -0.25) is 0 Å². The van der Waals surface area contributed by atoms with E-state index in [-0.39, 0.29) is 0 Å². The molecule has 1 aliphatic carbocycles. The van der Waals surface area contributed by atoms with E-state index in [9.17, 15) is 0 Å². The lowest BCUT2D eigenvalue weighted by Crippen LogP contribution is -2.22. The van der Waals surface area contributed by atoms with Crippen LogP contribution >= 0.6 is 0 Å². The lowest BCUT2D eigenvalue weighted by molar-refractivity contribution is 0.806. The van der Waals surface area contributed by atoms with Gasteiger partial charge in [0.05, 0.1) is 0 Å². The number of fused-ring (bicyclic) bond motifs is 1. The van der Waals surface area contributed by atoms with Gasteiger partial charge in [0.25, 0.3) is 0 Å². The van der Waals surface area contributed by atoms with Crippen molar-refractivity contribution in [2.24, 2.45) is 11.8 Å². The quantitative estimate of drug-likeness (QED) is 0.695. The fourth-order valence-electron chi connectivity index (χ4n) is 2.20. The van der Waals surface area contributed by atoms with Crippen LogP contribution in [0.15, 0.2) is 18.2 Å². The van der Waals surface area contributed by atoms with Crippen molar-refractivity contribution in [2.45, 2.75) is 6.42 Å². The van der Waals surface area contributed by atoms with Gasteiger partial charge in [-0.1, -0.05) is 6.07 Å². The predicted molar refractivity (Wildman–Crippen MR) is 52.5 cm³/mol. The molecule has 3 nitrogen and oxygen atoms in total. The maximum Gasteiger partial charge on any atom is 0.130 e. The Morgan fingerprint density at radius 2 is 2.08 bits per heavy atom. The van der Waals surface area contributed by atoms with Crippen LogP contribution in [0.4, 0.5) is 11.6 Å². The zero-order chi connectivity index (χ0) is 8.84. The number of hydrogen-bond donors (Lipinski definition) is 1. The third kappa shape index (κ3) is 1.15. The fraction of sp³-hybridized carbons (Fsp3) is 0.500. The highest BCUT2D eigenvalue weighted by Crippen LogP contribution is 2.45. The van der Waals surface area contributed by atoms with Crippen LogP contribution in [-0.4, -0.2) is 18.1 Å². The van der Waals surface area contributed by atoms with Crippen LogP contribution in [-0.2, 0) is 0 Å². The van der Waals surface area contributed by atoms with Crippen molar-refractivity contribution in [1.82, 2.24) is 4.98 Å². The summed E-state index contributed by atoms with van der Waals surface area (Å²) in [6.07, 6.45) is 1.43. The Morgan fingerprint density at radius 3 is 2.77 bits per heavy atom. The molecule has 3 heteroatoms. The van der Waals surface area contributed by atoms with E-state index in [0.29, 0.717) is 5.82 Å². The van der Waals surface area contributed by atoms with E-state index >= 15 is 0 Å². The second-order valence-electron chi connectivity index (χ2n) is 4.08. The molecule has 1 saturated heterocycles. The third-order valence-corrected chi connectivity index (χ3v) is 3.06. The molecule has 1 aromatic heterocycles. The van der Waals surface area contributed by atoms with Crippen molar-refractivity contribution in [2.75, 3.05) is 23.7 Å². The molecule has 2 aliphatic rings. The van der Waals surface area contributed by atoms with Crippen molar-refractivity contribution >= 4 is 11.6 Å². The summed E-state index contributed by atoms with van der Waals surface area (Å²) < 4.78 is 0. The van der Waals surface area contributed by atoms with E-state index in [1.165, 1.54) is 19.5 Å². The summed E-state index contributed by atoms with van der Waals surface area (Å²) in [6, 6.07) is 5.85. The maximum absolute atomic E-state index is 5.63. The monoisotopic (exact) mass is 175 g/mol. The Bertz CT molecular complexity index is 327. The van der Waals surface area contributed by atoms with Gasteiger partial charge in [0.2, 0.25) is 0 Å². The minimum Gasteiger partial charge on any atom is -0.384 e. The summed E-state index contributed by atoms with van der Waals surface area (Å²) in [7, 11) is 0. The molecule has 2 fully saturated rings. The van der Waals surface area contributed by atoms with Crippen molar-refractivity contribution in [3.05, 3.63) is 18.2 Å². The second-order valence-corrected chi connectivity index (χ2v) is 4.08. The smallest absolute Gasteiger partial charge is 0.130 e. The van der Waals surface area contributed by atoms with Crippen LogP contribution in [0.3, 0.4) is 0 Å². The third-order valence-electron chi connectivity index (χ3n) is 3.06. The number of anilines is 2. The number of nitrogens with zero attached hydrogens (tertiary/aromatic N) is 2. The van der Waals surface area contributed by atoms with Crippen LogP contribution in [0.1, 0.15) is 6.42 Å². The Morgan fingerprint density at radius 1 is 1.31 bits per heavy atom. The number of nitrogen functional groups attached to an aromatic ring is 1. The summed E-state index contributed by atoms with van der Waals surface area (Å²) in [5.41, 5.74) is 5.63. The van der Waals surface area contributed by atoms with Crippen LogP contribution in [0.25, 0.3) is 0 Å². The highest BCUT2D eigenvalue weighted by molar-refractivity contribution is 5.46. The zero-order valence-corrected chi connectivity index (χ0v) is 7.48. The number of hydrogen-bond acceptors (Lipinski definition) is 3. The summed E-state index contributed by atoms with van der Waals surface area (Å²) in [4.78, 5) is 6.66. The lowest BCUT2D eigenvalue weighted by Gasteiger charge is -2.18. The molecule has 2 N–H and O–H groups in total. The van der Waals surface area contributed by atoms with Crippen molar-refractivity contribution in [1.29, 1.82) is 0 Å². The van der Waals surface area contributed by atoms with E-state index in [4.69, 9.17) is 5.73 Å². The Balaban J connectivity index is 1.84. The van der Waals surface area contributed by atoms with Crippen molar-refractivity contribution in [3.63, 3.8) is 0 Å². The summed E-state index contributed by atoms with van der Waals surface area (Å²) in [6.45, 7) is 2.36. The molecule has 2 unspecified atom stereocenters. The van der Waals surface area contributed by atoms with Gasteiger partial charge in [0, 0.05) is 13.1 Å². The molecule has 1 aliphatic heterocycles. The van der Waals surface area contributed by atoms with E-state index in [0.717, 1.165) is 17.7 Å². The largest absolute Gasteiger partial charge is 0.384 e. The highest BCUT2D eigenvalue weighted by Gasteiger charge is 2.45. The van der Waals surface area contributed by atoms with Crippen LogP contribution < -0.4 is 10.6 Å². The van der Waals surface area contributed by atoms with E-state index in [2.05, 4.69) is 9.88 Å². The second kappa shape index (κ2) is 2.37. The van der Waals surface area contributed by atoms with Crippen molar-refractivity contribution < 1.29 is 0 Å². The fourth-order valence-corrected chi connectivity index (χ4v) is 2.20. The summed E-state index contributed by atoms with van der Waals surface area (Å²) >= 11 is 0. The van der Waals surface area contributed by atoms with Crippen LogP contribution in [0.5, 0.6) is 0 Å². The van der Waals surface area contributed by atoms with E-state index in [1.54, 1.807) is 0 Å². The average Bonchev–Trinajstić information content (AvgIpc) is 2.74. The molecule has 13 heavy (non-hydrogen) atoms. The molecule has 0 spiro atoms. The molecule has 0 bridgehead atoms. The molecule has 2 heterocycles. The van der Waals surface area contributed by atoms with Crippen LogP contribution in [0.2, 0.25) is 0 Å².